The summed E-state index contributed by atoms with van der Waals surface area (Å²) in [7, 11) is -3.15. The van der Waals surface area contributed by atoms with Gasteiger partial charge in [0.15, 0.2) is 9.84 Å². The predicted octanol–water partition coefficient (Wildman–Crippen LogP) is 2.33. The molecule has 1 saturated heterocycles. The van der Waals surface area contributed by atoms with Gasteiger partial charge in [-0.1, -0.05) is 24.6 Å². The SMILES string of the molecule is C[C@@H](CS(=O)(=O)c1ccccc1)N1CCCCC1. The summed E-state index contributed by atoms with van der Waals surface area (Å²) >= 11 is 0. The lowest BCUT2D eigenvalue weighted by molar-refractivity contribution is 0.186. The Labute approximate surface area is 110 Å². The molecule has 0 spiro atoms. The Bertz CT molecular complexity index is 464. The van der Waals surface area contributed by atoms with Crippen LogP contribution in [0.25, 0.3) is 0 Å². The van der Waals surface area contributed by atoms with E-state index in [0.29, 0.717) is 4.90 Å². The second-order valence-electron chi connectivity index (χ2n) is 5.04. The van der Waals surface area contributed by atoms with E-state index in [9.17, 15) is 8.42 Å². The number of nitrogens with zero attached hydrogens (tertiary/aromatic N) is 1. The second kappa shape index (κ2) is 5.85. The van der Waals surface area contributed by atoms with Crippen LogP contribution in [0.3, 0.4) is 0 Å². The number of hydrogen-bond acceptors (Lipinski definition) is 3. The molecule has 0 aliphatic carbocycles. The zero-order valence-electron chi connectivity index (χ0n) is 10.9. The zero-order valence-corrected chi connectivity index (χ0v) is 11.7. The molecule has 0 N–H and O–H groups in total. The first-order valence-electron chi connectivity index (χ1n) is 6.61. The second-order valence-corrected chi connectivity index (χ2v) is 7.07. The van der Waals surface area contributed by atoms with Gasteiger partial charge in [-0.05, 0) is 45.0 Å². The Morgan fingerprint density at radius 3 is 2.33 bits per heavy atom. The predicted molar refractivity (Wildman–Crippen MR) is 73.4 cm³/mol. The maximum atomic E-state index is 12.3. The van der Waals surface area contributed by atoms with E-state index in [1.165, 1.54) is 19.3 Å². The molecule has 0 radical (unpaired) electrons. The van der Waals surface area contributed by atoms with Gasteiger partial charge in [-0.15, -0.1) is 0 Å². The van der Waals surface area contributed by atoms with Crippen molar-refractivity contribution in [2.45, 2.75) is 37.1 Å². The molecule has 1 fully saturated rings. The summed E-state index contributed by atoms with van der Waals surface area (Å²) in [6.45, 7) is 4.09. The molecule has 18 heavy (non-hydrogen) atoms. The third-order valence-corrected chi connectivity index (χ3v) is 5.49. The van der Waals surface area contributed by atoms with Crippen LogP contribution in [-0.4, -0.2) is 38.2 Å². The van der Waals surface area contributed by atoms with Gasteiger partial charge >= 0.3 is 0 Å². The van der Waals surface area contributed by atoms with Gasteiger partial charge in [0.05, 0.1) is 10.6 Å². The first-order chi connectivity index (χ1) is 8.59. The average Bonchev–Trinajstić information content (AvgIpc) is 2.40. The largest absolute Gasteiger partial charge is 0.300 e. The highest BCUT2D eigenvalue weighted by molar-refractivity contribution is 7.91. The molecule has 0 unspecified atom stereocenters. The van der Waals surface area contributed by atoms with Crippen LogP contribution in [0.4, 0.5) is 0 Å². The van der Waals surface area contributed by atoms with Crippen molar-refractivity contribution in [2.75, 3.05) is 18.8 Å². The van der Waals surface area contributed by atoms with E-state index in [-0.39, 0.29) is 11.8 Å². The number of piperidine rings is 1. The Hall–Kier alpha value is -0.870. The summed E-state index contributed by atoms with van der Waals surface area (Å²) in [5.74, 6) is 0.219. The van der Waals surface area contributed by atoms with E-state index in [0.717, 1.165) is 13.1 Å². The van der Waals surface area contributed by atoms with Crippen molar-refractivity contribution in [2.24, 2.45) is 0 Å². The quantitative estimate of drug-likeness (QED) is 0.840. The molecule has 1 aliphatic heterocycles. The summed E-state index contributed by atoms with van der Waals surface area (Å²) in [5.41, 5.74) is 0. The van der Waals surface area contributed by atoms with Crippen molar-refractivity contribution in [3.05, 3.63) is 30.3 Å². The van der Waals surface area contributed by atoms with Crippen LogP contribution in [0, 0.1) is 0 Å². The lowest BCUT2D eigenvalue weighted by Crippen LogP contribution is -2.41. The summed E-state index contributed by atoms with van der Waals surface area (Å²) in [5, 5.41) is 0. The van der Waals surface area contributed by atoms with E-state index in [2.05, 4.69) is 4.90 Å². The Balaban J connectivity index is 2.04. The normalized spacial score (nSPS) is 19.6. The highest BCUT2D eigenvalue weighted by atomic mass is 32.2. The smallest absolute Gasteiger partial charge is 0.179 e. The van der Waals surface area contributed by atoms with Crippen LogP contribution >= 0.6 is 0 Å². The summed E-state index contributed by atoms with van der Waals surface area (Å²) in [6.07, 6.45) is 3.65. The maximum absolute atomic E-state index is 12.3. The van der Waals surface area contributed by atoms with Crippen LogP contribution in [0.1, 0.15) is 26.2 Å². The molecule has 1 aromatic rings. The van der Waals surface area contributed by atoms with Crippen LogP contribution in [0.5, 0.6) is 0 Å². The van der Waals surface area contributed by atoms with Gasteiger partial charge in [0, 0.05) is 6.04 Å². The highest BCUT2D eigenvalue weighted by Crippen LogP contribution is 2.17. The molecule has 1 aromatic carbocycles. The zero-order chi connectivity index (χ0) is 13.0. The van der Waals surface area contributed by atoms with Gasteiger partial charge in [-0.3, -0.25) is 4.90 Å². The van der Waals surface area contributed by atoms with E-state index in [4.69, 9.17) is 0 Å². The van der Waals surface area contributed by atoms with Gasteiger partial charge in [0.1, 0.15) is 0 Å². The Morgan fingerprint density at radius 1 is 1.11 bits per heavy atom. The van der Waals surface area contributed by atoms with Crippen molar-refractivity contribution in [1.82, 2.24) is 4.90 Å². The summed E-state index contributed by atoms with van der Waals surface area (Å²) in [4.78, 5) is 2.73. The Morgan fingerprint density at radius 2 is 1.72 bits per heavy atom. The van der Waals surface area contributed by atoms with Crippen molar-refractivity contribution in [3.63, 3.8) is 0 Å². The number of likely N-dealkylation sites (tertiary alicyclic amines) is 1. The fraction of sp³-hybridized carbons (Fsp3) is 0.571. The first-order valence-corrected chi connectivity index (χ1v) is 8.27. The van der Waals surface area contributed by atoms with E-state index >= 15 is 0 Å². The van der Waals surface area contributed by atoms with Crippen LogP contribution in [0.2, 0.25) is 0 Å². The molecule has 0 saturated carbocycles. The monoisotopic (exact) mass is 267 g/mol. The molecule has 4 heteroatoms. The fourth-order valence-corrected chi connectivity index (χ4v) is 4.12. The lowest BCUT2D eigenvalue weighted by atomic mass is 10.1. The minimum absolute atomic E-state index is 0.107. The van der Waals surface area contributed by atoms with Crippen molar-refractivity contribution < 1.29 is 8.42 Å². The van der Waals surface area contributed by atoms with Gasteiger partial charge < -0.3 is 0 Å². The van der Waals surface area contributed by atoms with Crippen molar-refractivity contribution in [3.8, 4) is 0 Å². The van der Waals surface area contributed by atoms with Crippen molar-refractivity contribution >= 4 is 9.84 Å². The summed E-state index contributed by atoms with van der Waals surface area (Å²) in [6, 6.07) is 8.86. The van der Waals surface area contributed by atoms with Gasteiger partial charge in [0.25, 0.3) is 0 Å². The van der Waals surface area contributed by atoms with E-state index in [1.807, 2.05) is 13.0 Å². The Kier molecular flexibility index (Phi) is 4.40. The average molecular weight is 267 g/mol. The third-order valence-electron chi connectivity index (χ3n) is 3.58. The van der Waals surface area contributed by atoms with Gasteiger partial charge in [-0.2, -0.15) is 0 Å². The fourth-order valence-electron chi connectivity index (χ4n) is 2.51. The molecule has 100 valence electrons. The molecule has 1 atom stereocenters. The maximum Gasteiger partial charge on any atom is 0.179 e. The van der Waals surface area contributed by atoms with Crippen molar-refractivity contribution in [1.29, 1.82) is 0 Å². The summed E-state index contributed by atoms with van der Waals surface area (Å²) < 4.78 is 24.5. The molecular weight excluding hydrogens is 246 g/mol. The van der Waals surface area contributed by atoms with E-state index in [1.54, 1.807) is 24.3 Å². The highest BCUT2D eigenvalue weighted by Gasteiger charge is 2.23. The van der Waals surface area contributed by atoms with E-state index < -0.39 is 9.84 Å². The third kappa shape index (κ3) is 3.33. The molecule has 3 nitrogen and oxygen atoms in total. The van der Waals surface area contributed by atoms with Gasteiger partial charge in [0.2, 0.25) is 0 Å². The molecule has 0 aromatic heterocycles. The molecule has 1 aliphatic rings. The molecule has 0 bridgehead atoms. The molecule has 1 heterocycles. The molecule has 0 amide bonds. The topological polar surface area (TPSA) is 37.4 Å². The van der Waals surface area contributed by atoms with Crippen LogP contribution in [-0.2, 0) is 9.84 Å². The minimum atomic E-state index is -3.15. The first kappa shape index (κ1) is 13.6. The number of hydrogen-bond donors (Lipinski definition) is 0. The minimum Gasteiger partial charge on any atom is -0.300 e. The number of benzene rings is 1. The van der Waals surface area contributed by atoms with Gasteiger partial charge in [-0.25, -0.2) is 8.42 Å². The number of rotatable bonds is 4. The molecule has 2 rings (SSSR count). The number of sulfone groups is 1. The standard InChI is InChI=1S/C14H21NO2S/c1-13(15-10-6-3-7-11-15)12-18(16,17)14-8-4-2-5-9-14/h2,4-5,8-9,13H,3,6-7,10-12H2,1H3/t13-/m0/s1. The van der Waals surface area contributed by atoms with Crippen LogP contribution < -0.4 is 0 Å². The molecular formula is C14H21NO2S. The lowest BCUT2D eigenvalue weighted by Gasteiger charge is -2.32. The van der Waals surface area contributed by atoms with Crippen LogP contribution in [0.15, 0.2) is 35.2 Å².